The molecular weight excluding hydrogens is 248 g/mol. The highest BCUT2D eigenvalue weighted by atomic mass is 16.1. The molecule has 1 aromatic carbocycles. The Balaban J connectivity index is 2.03. The van der Waals surface area contributed by atoms with Gasteiger partial charge in [-0.05, 0) is 28.7 Å². The van der Waals surface area contributed by atoms with Crippen molar-refractivity contribution >= 4 is 5.91 Å². The van der Waals surface area contributed by atoms with Gasteiger partial charge in [0.2, 0.25) is 0 Å². The number of carbonyl (C=O) groups is 1. The summed E-state index contributed by atoms with van der Waals surface area (Å²) in [4.78, 5) is 15.9. The molecule has 0 bridgehead atoms. The Hall–Kier alpha value is -2.16. The van der Waals surface area contributed by atoms with Gasteiger partial charge in [-0.15, -0.1) is 0 Å². The van der Waals surface area contributed by atoms with Gasteiger partial charge < -0.3 is 5.32 Å². The Morgan fingerprint density at radius 2 is 2.00 bits per heavy atom. The van der Waals surface area contributed by atoms with Crippen molar-refractivity contribution in [3.63, 3.8) is 0 Å². The average molecular weight is 268 g/mol. The molecule has 2 rings (SSSR count). The highest BCUT2D eigenvalue weighted by Gasteiger charge is 2.13. The van der Waals surface area contributed by atoms with Crippen molar-refractivity contribution in [2.24, 2.45) is 0 Å². The van der Waals surface area contributed by atoms with E-state index in [1.165, 1.54) is 5.56 Å². The first-order valence-corrected chi connectivity index (χ1v) is 6.74. The summed E-state index contributed by atoms with van der Waals surface area (Å²) in [7, 11) is 0. The van der Waals surface area contributed by atoms with Crippen LogP contribution in [0.3, 0.4) is 0 Å². The topological polar surface area (TPSA) is 42.0 Å². The van der Waals surface area contributed by atoms with Crippen LogP contribution in [-0.2, 0) is 12.0 Å². The van der Waals surface area contributed by atoms with Crippen LogP contribution in [0, 0.1) is 0 Å². The zero-order valence-corrected chi connectivity index (χ0v) is 12.2. The summed E-state index contributed by atoms with van der Waals surface area (Å²) in [5.41, 5.74) is 3.07. The maximum atomic E-state index is 11.9. The third-order valence-electron chi connectivity index (χ3n) is 3.17. The number of benzene rings is 1. The number of pyridine rings is 1. The van der Waals surface area contributed by atoms with E-state index in [0.29, 0.717) is 12.1 Å². The fourth-order valence-electron chi connectivity index (χ4n) is 1.93. The summed E-state index contributed by atoms with van der Waals surface area (Å²) in [5.74, 6) is -0.0979. The van der Waals surface area contributed by atoms with Gasteiger partial charge in [0.05, 0.1) is 5.56 Å². The van der Waals surface area contributed by atoms with E-state index in [2.05, 4.69) is 43.2 Å². The van der Waals surface area contributed by atoms with Crippen LogP contribution in [0.4, 0.5) is 0 Å². The monoisotopic (exact) mass is 268 g/mol. The molecule has 1 aromatic heterocycles. The zero-order chi connectivity index (χ0) is 14.6. The molecule has 1 heterocycles. The van der Waals surface area contributed by atoms with E-state index in [-0.39, 0.29) is 11.3 Å². The average Bonchev–Trinajstić information content (AvgIpc) is 2.45. The van der Waals surface area contributed by atoms with Gasteiger partial charge in [0, 0.05) is 18.9 Å². The number of aromatic nitrogens is 1. The van der Waals surface area contributed by atoms with Crippen LogP contribution in [0.25, 0.3) is 0 Å². The summed E-state index contributed by atoms with van der Waals surface area (Å²) >= 11 is 0. The Morgan fingerprint density at radius 3 is 2.65 bits per heavy atom. The fraction of sp³-hybridized carbons (Fsp3) is 0.294. The van der Waals surface area contributed by atoms with E-state index >= 15 is 0 Å². The van der Waals surface area contributed by atoms with Crippen LogP contribution in [-0.4, -0.2) is 10.9 Å². The minimum atomic E-state index is -0.0979. The van der Waals surface area contributed by atoms with Crippen molar-refractivity contribution in [3.8, 4) is 0 Å². The molecule has 0 aliphatic carbocycles. The molecule has 0 atom stereocenters. The second-order valence-corrected chi connectivity index (χ2v) is 5.87. The molecule has 2 aromatic rings. The molecule has 1 amide bonds. The smallest absolute Gasteiger partial charge is 0.253 e. The summed E-state index contributed by atoms with van der Waals surface area (Å²) in [6, 6.07) is 11.8. The molecule has 3 heteroatoms. The number of hydrogen-bond acceptors (Lipinski definition) is 2. The normalized spacial score (nSPS) is 11.2. The lowest BCUT2D eigenvalue weighted by atomic mass is 9.86. The van der Waals surface area contributed by atoms with Crippen LogP contribution in [0.15, 0.2) is 48.8 Å². The van der Waals surface area contributed by atoms with Crippen molar-refractivity contribution < 1.29 is 4.79 Å². The summed E-state index contributed by atoms with van der Waals surface area (Å²) < 4.78 is 0. The van der Waals surface area contributed by atoms with Crippen molar-refractivity contribution in [2.75, 3.05) is 0 Å². The van der Waals surface area contributed by atoms with Gasteiger partial charge in [-0.3, -0.25) is 9.78 Å². The number of nitrogens with one attached hydrogen (secondary N) is 1. The maximum Gasteiger partial charge on any atom is 0.253 e. The van der Waals surface area contributed by atoms with Gasteiger partial charge in [-0.1, -0.05) is 45.0 Å². The highest BCUT2D eigenvalue weighted by molar-refractivity contribution is 5.93. The summed E-state index contributed by atoms with van der Waals surface area (Å²) in [6.07, 6.45) is 3.23. The Morgan fingerprint density at radius 1 is 1.20 bits per heavy atom. The Labute approximate surface area is 120 Å². The predicted octanol–water partition coefficient (Wildman–Crippen LogP) is 3.31. The van der Waals surface area contributed by atoms with Crippen LogP contribution < -0.4 is 5.32 Å². The largest absolute Gasteiger partial charge is 0.348 e. The van der Waals surface area contributed by atoms with Gasteiger partial charge in [0.25, 0.3) is 5.91 Å². The molecular formula is C17H20N2O. The lowest BCUT2D eigenvalue weighted by Gasteiger charge is -2.19. The molecule has 20 heavy (non-hydrogen) atoms. The number of rotatable bonds is 3. The van der Waals surface area contributed by atoms with Crippen molar-refractivity contribution in [1.82, 2.24) is 10.3 Å². The van der Waals surface area contributed by atoms with Crippen LogP contribution in [0.2, 0.25) is 0 Å². The minimum Gasteiger partial charge on any atom is -0.348 e. The van der Waals surface area contributed by atoms with Crippen molar-refractivity contribution in [1.29, 1.82) is 0 Å². The van der Waals surface area contributed by atoms with Gasteiger partial charge in [-0.2, -0.15) is 0 Å². The van der Waals surface area contributed by atoms with Crippen molar-refractivity contribution in [3.05, 3.63) is 65.5 Å². The van der Waals surface area contributed by atoms with Crippen LogP contribution in [0.1, 0.15) is 42.3 Å². The van der Waals surface area contributed by atoms with Gasteiger partial charge >= 0.3 is 0 Å². The summed E-state index contributed by atoms with van der Waals surface area (Å²) in [5, 5.41) is 2.91. The molecule has 104 valence electrons. The molecule has 0 spiro atoms. The molecule has 0 fully saturated rings. The predicted molar refractivity (Wildman–Crippen MR) is 80.5 cm³/mol. The first-order chi connectivity index (χ1) is 9.47. The lowest BCUT2D eigenvalue weighted by molar-refractivity contribution is 0.0950. The number of amides is 1. The first kappa shape index (κ1) is 14.3. The van der Waals surface area contributed by atoms with Crippen molar-refractivity contribution in [2.45, 2.75) is 32.7 Å². The van der Waals surface area contributed by atoms with E-state index in [0.717, 1.165) is 5.56 Å². The SMILES string of the molecule is CC(C)(C)c1cccc(CNC(=O)c2cccnc2)c1. The first-order valence-electron chi connectivity index (χ1n) is 6.74. The van der Waals surface area contributed by atoms with Gasteiger partial charge in [0.15, 0.2) is 0 Å². The third kappa shape index (κ3) is 3.67. The Kier molecular flexibility index (Phi) is 4.18. The fourth-order valence-corrected chi connectivity index (χ4v) is 1.93. The molecule has 0 aliphatic heterocycles. The van der Waals surface area contributed by atoms with Crippen LogP contribution in [0.5, 0.6) is 0 Å². The highest BCUT2D eigenvalue weighted by Crippen LogP contribution is 2.22. The molecule has 1 N–H and O–H groups in total. The Bertz CT molecular complexity index is 585. The minimum absolute atomic E-state index is 0.0979. The van der Waals surface area contributed by atoms with E-state index < -0.39 is 0 Å². The third-order valence-corrected chi connectivity index (χ3v) is 3.17. The van der Waals surface area contributed by atoms with Gasteiger partial charge in [-0.25, -0.2) is 0 Å². The molecule has 0 unspecified atom stereocenters. The molecule has 3 nitrogen and oxygen atoms in total. The van der Waals surface area contributed by atoms with E-state index in [9.17, 15) is 4.79 Å². The molecule has 0 radical (unpaired) electrons. The number of nitrogens with zero attached hydrogens (tertiary/aromatic N) is 1. The number of hydrogen-bond donors (Lipinski definition) is 1. The van der Waals surface area contributed by atoms with Crippen LogP contribution >= 0.6 is 0 Å². The lowest BCUT2D eigenvalue weighted by Crippen LogP contribution is -2.23. The second-order valence-electron chi connectivity index (χ2n) is 5.87. The molecule has 0 saturated heterocycles. The van der Waals surface area contributed by atoms with E-state index in [1.54, 1.807) is 24.5 Å². The molecule has 0 aliphatic rings. The quantitative estimate of drug-likeness (QED) is 0.928. The van der Waals surface area contributed by atoms with E-state index in [1.807, 2.05) is 12.1 Å². The summed E-state index contributed by atoms with van der Waals surface area (Å²) in [6.45, 7) is 7.07. The maximum absolute atomic E-state index is 11.9. The van der Waals surface area contributed by atoms with Gasteiger partial charge in [0.1, 0.15) is 0 Å². The molecule has 0 saturated carbocycles. The zero-order valence-electron chi connectivity index (χ0n) is 12.2. The standard InChI is InChI=1S/C17H20N2O/c1-17(2,3)15-8-4-6-13(10-15)11-19-16(20)14-7-5-9-18-12-14/h4-10,12H,11H2,1-3H3,(H,19,20). The number of carbonyl (C=O) groups excluding carboxylic acids is 1. The van der Waals surface area contributed by atoms with E-state index in [4.69, 9.17) is 0 Å². The second kappa shape index (κ2) is 5.87.